The first kappa shape index (κ1) is 30.2. The number of hydrogen-bond acceptors (Lipinski definition) is 5. The Morgan fingerprint density at radius 2 is 1.70 bits per heavy atom. The third-order valence-corrected chi connectivity index (χ3v) is 8.78. The SMILES string of the molecule is O=C(N[C@@H](Cc1cnc[nH]1)C(=O)N=C(CC1CCCCC1)C(=O)NCC1(c2ccccc2)CCC1)OCc1ccccc1. The van der Waals surface area contributed by atoms with Crippen molar-refractivity contribution in [1.29, 1.82) is 0 Å². The van der Waals surface area contributed by atoms with Gasteiger partial charge in [0.15, 0.2) is 0 Å². The van der Waals surface area contributed by atoms with Crippen LogP contribution in [0, 0.1) is 5.92 Å². The molecule has 1 aromatic heterocycles. The molecule has 3 amide bonds. The van der Waals surface area contributed by atoms with E-state index in [1.54, 1.807) is 6.20 Å². The molecule has 5 rings (SSSR count). The average molecular weight is 584 g/mol. The highest BCUT2D eigenvalue weighted by Crippen LogP contribution is 2.43. The molecule has 43 heavy (non-hydrogen) atoms. The predicted molar refractivity (Wildman–Crippen MR) is 164 cm³/mol. The van der Waals surface area contributed by atoms with Crippen LogP contribution in [-0.4, -0.2) is 46.2 Å². The fraction of sp³-hybridized carbons (Fsp3) is 0.441. The number of ether oxygens (including phenoxy) is 1. The molecule has 2 aliphatic rings. The van der Waals surface area contributed by atoms with Crippen LogP contribution in [0.2, 0.25) is 0 Å². The van der Waals surface area contributed by atoms with Crippen molar-refractivity contribution >= 4 is 23.6 Å². The Kier molecular flexibility index (Phi) is 10.4. The largest absolute Gasteiger partial charge is 0.445 e. The summed E-state index contributed by atoms with van der Waals surface area (Å²) in [6.07, 6.45) is 11.5. The number of nitrogens with zero attached hydrogens (tertiary/aromatic N) is 2. The van der Waals surface area contributed by atoms with Crippen LogP contribution < -0.4 is 10.6 Å². The normalized spacial score (nSPS) is 17.3. The fourth-order valence-corrected chi connectivity index (χ4v) is 6.10. The molecule has 1 atom stereocenters. The molecule has 9 heteroatoms. The molecule has 0 saturated heterocycles. The van der Waals surface area contributed by atoms with Crippen LogP contribution in [0.15, 0.2) is 78.2 Å². The van der Waals surface area contributed by atoms with Gasteiger partial charge in [-0.1, -0.05) is 99.2 Å². The standard InChI is InChI=1S/C34H41N5O4/c40-31(36-23-34(17-10-18-34)27-15-8-3-9-16-27)29(19-25-11-4-1-5-12-25)38-32(41)30(20-28-21-35-24-37-28)39-33(42)43-22-26-13-6-2-7-14-26/h2-3,6-9,13-16,21,24-25,30H,1,4-5,10-12,17-20,22-23H2,(H,35,37)(H,36,40)(H,39,42)/t30-/m0/s1. The Labute approximate surface area is 252 Å². The van der Waals surface area contributed by atoms with E-state index in [9.17, 15) is 14.4 Å². The first-order valence-corrected chi connectivity index (χ1v) is 15.4. The van der Waals surface area contributed by atoms with Crippen molar-refractivity contribution in [3.63, 3.8) is 0 Å². The number of alkyl carbamates (subject to hydrolysis) is 1. The van der Waals surface area contributed by atoms with Gasteiger partial charge in [0.25, 0.3) is 11.8 Å². The second-order valence-corrected chi connectivity index (χ2v) is 11.8. The number of imidazole rings is 1. The summed E-state index contributed by atoms with van der Waals surface area (Å²) in [5.74, 6) is -0.602. The van der Waals surface area contributed by atoms with E-state index in [0.29, 0.717) is 24.6 Å². The molecule has 0 spiro atoms. The predicted octanol–water partition coefficient (Wildman–Crippen LogP) is 5.42. The molecular formula is C34H41N5O4. The molecule has 9 nitrogen and oxygen atoms in total. The lowest BCUT2D eigenvalue weighted by molar-refractivity contribution is -0.120. The van der Waals surface area contributed by atoms with Gasteiger partial charge in [-0.25, -0.2) is 14.8 Å². The van der Waals surface area contributed by atoms with E-state index in [4.69, 9.17) is 4.74 Å². The maximum Gasteiger partial charge on any atom is 0.408 e. The van der Waals surface area contributed by atoms with Crippen LogP contribution in [0.3, 0.4) is 0 Å². The smallest absolute Gasteiger partial charge is 0.408 e. The highest BCUT2D eigenvalue weighted by Gasteiger charge is 2.39. The highest BCUT2D eigenvalue weighted by molar-refractivity contribution is 6.40. The first-order chi connectivity index (χ1) is 21.0. The Balaban J connectivity index is 1.31. The van der Waals surface area contributed by atoms with Gasteiger partial charge in [-0.15, -0.1) is 0 Å². The van der Waals surface area contributed by atoms with E-state index in [1.807, 2.05) is 48.5 Å². The molecule has 3 N–H and O–H groups in total. The van der Waals surface area contributed by atoms with E-state index in [1.165, 1.54) is 18.3 Å². The van der Waals surface area contributed by atoms with Crippen molar-refractivity contribution in [2.24, 2.45) is 10.9 Å². The van der Waals surface area contributed by atoms with Gasteiger partial charge in [0.05, 0.1) is 6.33 Å². The van der Waals surface area contributed by atoms with Gasteiger partial charge >= 0.3 is 6.09 Å². The van der Waals surface area contributed by atoms with E-state index in [-0.39, 0.29) is 30.1 Å². The summed E-state index contributed by atoms with van der Waals surface area (Å²) < 4.78 is 5.38. The molecule has 3 aromatic rings. The topological polar surface area (TPSA) is 126 Å². The lowest BCUT2D eigenvalue weighted by atomic mass is 9.64. The quantitative estimate of drug-likeness (QED) is 0.246. The van der Waals surface area contributed by atoms with Crippen LogP contribution >= 0.6 is 0 Å². The number of rotatable bonds is 12. The van der Waals surface area contributed by atoms with Crippen LogP contribution in [0.1, 0.15) is 74.6 Å². The van der Waals surface area contributed by atoms with Crippen molar-refractivity contribution < 1.29 is 19.1 Å². The second kappa shape index (κ2) is 14.8. The van der Waals surface area contributed by atoms with Gasteiger partial charge < -0.3 is 20.4 Å². The summed E-state index contributed by atoms with van der Waals surface area (Å²) >= 11 is 0. The highest BCUT2D eigenvalue weighted by atomic mass is 16.5. The summed E-state index contributed by atoms with van der Waals surface area (Å²) in [6.45, 7) is 0.564. The molecule has 1 heterocycles. The zero-order valence-electron chi connectivity index (χ0n) is 24.6. The van der Waals surface area contributed by atoms with E-state index in [2.05, 4.69) is 37.7 Å². The van der Waals surface area contributed by atoms with Gasteiger partial charge in [0.1, 0.15) is 18.4 Å². The summed E-state index contributed by atoms with van der Waals surface area (Å²) in [4.78, 5) is 51.5. The molecule has 2 aliphatic carbocycles. The molecule has 2 fully saturated rings. The third kappa shape index (κ3) is 8.40. The lowest BCUT2D eigenvalue weighted by Crippen LogP contribution is -2.48. The summed E-state index contributed by atoms with van der Waals surface area (Å²) in [5.41, 5.74) is 2.85. The minimum atomic E-state index is -1.03. The zero-order valence-corrected chi connectivity index (χ0v) is 24.6. The van der Waals surface area contributed by atoms with Crippen LogP contribution in [0.25, 0.3) is 0 Å². The average Bonchev–Trinajstić information content (AvgIpc) is 3.53. The first-order valence-electron chi connectivity index (χ1n) is 15.4. The van der Waals surface area contributed by atoms with Crippen molar-refractivity contribution in [3.05, 3.63) is 90.0 Å². The van der Waals surface area contributed by atoms with Gasteiger partial charge in [0.2, 0.25) is 0 Å². The number of benzene rings is 2. The number of H-pyrrole nitrogens is 1. The lowest BCUT2D eigenvalue weighted by Gasteiger charge is -2.42. The Bertz CT molecular complexity index is 1360. The number of nitrogens with one attached hydrogen (secondary N) is 3. The minimum absolute atomic E-state index is 0.0689. The molecular weight excluding hydrogens is 542 g/mol. The van der Waals surface area contributed by atoms with Gasteiger partial charge in [0, 0.05) is 30.3 Å². The molecule has 0 unspecified atom stereocenters. The number of hydrogen-bond donors (Lipinski definition) is 3. The Morgan fingerprint density at radius 1 is 0.977 bits per heavy atom. The summed E-state index contributed by atoms with van der Waals surface area (Å²) in [7, 11) is 0. The zero-order chi connectivity index (χ0) is 29.9. The van der Waals surface area contributed by atoms with Crippen LogP contribution in [0.4, 0.5) is 4.79 Å². The summed E-state index contributed by atoms with van der Waals surface area (Å²) in [5, 5.41) is 5.80. The third-order valence-electron chi connectivity index (χ3n) is 8.78. The molecule has 0 aliphatic heterocycles. The van der Waals surface area contributed by atoms with Gasteiger partial charge in [-0.2, -0.15) is 0 Å². The monoisotopic (exact) mass is 583 g/mol. The maximum absolute atomic E-state index is 13.7. The van der Waals surface area contributed by atoms with Crippen LogP contribution in [0.5, 0.6) is 0 Å². The van der Waals surface area contributed by atoms with Crippen molar-refractivity contribution in [2.45, 2.75) is 82.3 Å². The molecule has 0 radical (unpaired) electrons. The number of aliphatic imine (C=N–C) groups is 1. The second-order valence-electron chi connectivity index (χ2n) is 11.8. The molecule has 2 saturated carbocycles. The minimum Gasteiger partial charge on any atom is -0.445 e. The van der Waals surface area contributed by atoms with Crippen LogP contribution in [-0.2, 0) is 32.8 Å². The number of aromatic nitrogens is 2. The van der Waals surface area contributed by atoms with Crippen molar-refractivity contribution in [2.75, 3.05) is 6.54 Å². The number of carbonyl (C=O) groups excluding carboxylic acids is 3. The fourth-order valence-electron chi connectivity index (χ4n) is 6.10. The van der Waals surface area contributed by atoms with Crippen molar-refractivity contribution in [1.82, 2.24) is 20.6 Å². The van der Waals surface area contributed by atoms with Gasteiger partial charge in [-0.3, -0.25) is 9.59 Å². The van der Waals surface area contributed by atoms with E-state index >= 15 is 0 Å². The molecule has 226 valence electrons. The number of amides is 3. The number of aromatic amines is 1. The Morgan fingerprint density at radius 3 is 2.35 bits per heavy atom. The van der Waals surface area contributed by atoms with E-state index < -0.39 is 18.0 Å². The molecule has 2 aromatic carbocycles. The molecule has 0 bridgehead atoms. The van der Waals surface area contributed by atoms with E-state index in [0.717, 1.165) is 50.5 Å². The van der Waals surface area contributed by atoms with Gasteiger partial charge in [-0.05, 0) is 36.3 Å². The summed E-state index contributed by atoms with van der Waals surface area (Å²) in [6, 6.07) is 18.6. The Hall–Kier alpha value is -4.27. The number of carbonyl (C=O) groups is 3. The maximum atomic E-state index is 13.7. The van der Waals surface area contributed by atoms with Crippen molar-refractivity contribution in [3.8, 4) is 0 Å².